The van der Waals surface area contributed by atoms with E-state index in [1.807, 2.05) is 16.7 Å². The number of carbonyl (C=O) groups excluding carboxylic acids is 1. The van der Waals surface area contributed by atoms with E-state index in [4.69, 9.17) is 15.5 Å². The number of esters is 1. The molecule has 31 heavy (non-hydrogen) atoms. The van der Waals surface area contributed by atoms with E-state index in [9.17, 15) is 4.79 Å². The van der Waals surface area contributed by atoms with Crippen molar-refractivity contribution in [3.8, 4) is 0 Å². The second-order valence-electron chi connectivity index (χ2n) is 7.76. The van der Waals surface area contributed by atoms with Crippen LogP contribution in [-0.2, 0) is 11.2 Å². The average molecular weight is 437 g/mol. The molecule has 162 valence electrons. The van der Waals surface area contributed by atoms with Gasteiger partial charge in [0.1, 0.15) is 0 Å². The second kappa shape index (κ2) is 10.0. The Bertz CT molecular complexity index is 1080. The summed E-state index contributed by atoms with van der Waals surface area (Å²) in [6, 6.07) is 15.8. The third-order valence-corrected chi connectivity index (χ3v) is 6.52. The largest absolute Gasteiger partial charge is 0.462 e. The molecular weight excluding hydrogens is 408 g/mol. The Morgan fingerprint density at radius 2 is 2.03 bits per heavy atom. The van der Waals surface area contributed by atoms with Crippen molar-refractivity contribution in [1.29, 1.82) is 0 Å². The van der Waals surface area contributed by atoms with Crippen molar-refractivity contribution >= 4 is 39.9 Å². The lowest BCUT2D eigenvalue weighted by molar-refractivity contribution is 0.0498. The summed E-state index contributed by atoms with van der Waals surface area (Å²) in [4.78, 5) is 21.6. The van der Waals surface area contributed by atoms with E-state index in [1.54, 1.807) is 23.9 Å². The number of benzene rings is 2. The molecule has 1 aliphatic heterocycles. The maximum Gasteiger partial charge on any atom is 0.338 e. The number of carbonyl (C=O) groups is 1. The van der Waals surface area contributed by atoms with Crippen LogP contribution in [0.15, 0.2) is 53.5 Å². The van der Waals surface area contributed by atoms with Crippen LogP contribution in [0.2, 0.25) is 0 Å². The first kappa shape index (κ1) is 21.4. The van der Waals surface area contributed by atoms with Gasteiger partial charge in [-0.1, -0.05) is 68.3 Å². The first-order chi connectivity index (χ1) is 15.2. The molecule has 1 aliphatic rings. The number of nitrogens with two attached hydrogens (primary N) is 1. The van der Waals surface area contributed by atoms with Gasteiger partial charge in [-0.25, -0.2) is 9.78 Å². The summed E-state index contributed by atoms with van der Waals surface area (Å²) in [7, 11) is 0. The zero-order chi connectivity index (χ0) is 21.6. The van der Waals surface area contributed by atoms with Gasteiger partial charge in [0.2, 0.25) is 5.95 Å². The van der Waals surface area contributed by atoms with Crippen LogP contribution in [-0.4, -0.2) is 39.1 Å². The Morgan fingerprint density at radius 3 is 2.84 bits per heavy atom. The molecule has 0 fully saturated rings. The Morgan fingerprint density at radius 1 is 1.19 bits per heavy atom. The number of hydrogen-bond donors (Lipinski definition) is 1. The van der Waals surface area contributed by atoms with Crippen LogP contribution in [0.25, 0.3) is 11.0 Å². The van der Waals surface area contributed by atoms with Crippen molar-refractivity contribution in [3.63, 3.8) is 0 Å². The van der Waals surface area contributed by atoms with Crippen LogP contribution < -0.4 is 5.73 Å². The van der Waals surface area contributed by atoms with Crippen LogP contribution in [0.4, 0.5) is 5.95 Å². The fraction of sp³-hybridized carbons (Fsp3) is 0.375. The summed E-state index contributed by atoms with van der Waals surface area (Å²) in [6.07, 6.45) is 5.25. The van der Waals surface area contributed by atoms with E-state index in [0.717, 1.165) is 49.3 Å². The van der Waals surface area contributed by atoms with E-state index in [-0.39, 0.29) is 5.97 Å². The third-order valence-electron chi connectivity index (χ3n) is 5.35. The number of thioether (sulfide) groups is 1. The predicted molar refractivity (Wildman–Crippen MR) is 128 cm³/mol. The van der Waals surface area contributed by atoms with Gasteiger partial charge in [-0.15, -0.1) is 0 Å². The van der Waals surface area contributed by atoms with E-state index in [0.29, 0.717) is 28.9 Å². The highest BCUT2D eigenvalue weighted by Crippen LogP contribution is 2.30. The summed E-state index contributed by atoms with van der Waals surface area (Å²) < 4.78 is 7.28. The fourth-order valence-electron chi connectivity index (χ4n) is 3.71. The molecule has 2 aromatic carbocycles. The number of ether oxygens (including phenoxy) is 1. The lowest BCUT2D eigenvalue weighted by Gasteiger charge is -2.10. The highest BCUT2D eigenvalue weighted by Gasteiger charge is 2.24. The standard InChI is InChI=1S/C24H28N4O2S/c1-2-3-4-8-13-30-22(29)18-11-12-21-20(15-18)27-23(25)28(21)24-26-16-19(31-24)14-17-9-6-5-7-10-17/h5-7,9-12,15,19H,2-4,8,13-14,16H2,1H3,(H2,25,27). The van der Waals surface area contributed by atoms with Gasteiger partial charge >= 0.3 is 5.97 Å². The van der Waals surface area contributed by atoms with Crippen molar-refractivity contribution in [2.45, 2.75) is 44.3 Å². The Hall–Kier alpha value is -2.80. The highest BCUT2D eigenvalue weighted by molar-refractivity contribution is 8.14. The molecular formula is C24H28N4O2S. The van der Waals surface area contributed by atoms with E-state index in [2.05, 4.69) is 36.2 Å². The van der Waals surface area contributed by atoms with E-state index >= 15 is 0 Å². The molecule has 0 saturated carbocycles. The van der Waals surface area contributed by atoms with Gasteiger partial charge in [0.05, 0.1) is 29.7 Å². The number of nitrogens with zero attached hydrogens (tertiary/aromatic N) is 3. The summed E-state index contributed by atoms with van der Waals surface area (Å²) in [5.41, 5.74) is 9.55. The number of rotatable bonds is 8. The van der Waals surface area contributed by atoms with E-state index in [1.165, 1.54) is 5.56 Å². The average Bonchev–Trinajstić information content (AvgIpc) is 3.36. The van der Waals surface area contributed by atoms with Crippen LogP contribution >= 0.6 is 11.8 Å². The molecule has 4 rings (SSSR count). The number of hydrogen-bond acceptors (Lipinski definition) is 6. The minimum Gasteiger partial charge on any atom is -0.462 e. The number of aliphatic imine (C=N–C) groups is 1. The quantitative estimate of drug-likeness (QED) is 0.400. The molecule has 1 unspecified atom stereocenters. The van der Waals surface area contributed by atoms with Crippen LogP contribution in [0.1, 0.15) is 48.5 Å². The molecule has 2 heterocycles. The van der Waals surface area contributed by atoms with Crippen LogP contribution in [0.5, 0.6) is 0 Å². The molecule has 1 aromatic heterocycles. The molecule has 0 amide bonds. The Kier molecular flexibility index (Phi) is 6.92. The highest BCUT2D eigenvalue weighted by atomic mass is 32.2. The van der Waals surface area contributed by atoms with Crippen molar-refractivity contribution < 1.29 is 9.53 Å². The number of imidazole rings is 1. The molecule has 7 heteroatoms. The lowest BCUT2D eigenvalue weighted by atomic mass is 10.1. The number of unbranched alkanes of at least 4 members (excludes halogenated alkanes) is 3. The Labute approximate surface area is 186 Å². The SMILES string of the molecule is CCCCCCOC(=O)c1ccc2c(c1)nc(N)n2C1=NCC(Cc2ccccc2)S1. The van der Waals surface area contributed by atoms with Gasteiger partial charge in [0, 0.05) is 5.25 Å². The van der Waals surface area contributed by atoms with Crippen molar-refractivity contribution in [3.05, 3.63) is 59.7 Å². The predicted octanol–water partition coefficient (Wildman–Crippen LogP) is 4.92. The van der Waals surface area contributed by atoms with Gasteiger partial charge < -0.3 is 10.5 Å². The molecule has 0 radical (unpaired) electrons. The van der Waals surface area contributed by atoms with Gasteiger partial charge in [-0.3, -0.25) is 9.56 Å². The number of anilines is 1. The zero-order valence-electron chi connectivity index (χ0n) is 17.8. The third kappa shape index (κ3) is 5.10. The van der Waals surface area contributed by atoms with Gasteiger partial charge in [-0.05, 0) is 36.6 Å². The van der Waals surface area contributed by atoms with Crippen LogP contribution in [0.3, 0.4) is 0 Å². The zero-order valence-corrected chi connectivity index (χ0v) is 18.6. The second-order valence-corrected chi connectivity index (χ2v) is 9.03. The molecule has 0 bridgehead atoms. The Balaban J connectivity index is 1.44. The van der Waals surface area contributed by atoms with Gasteiger partial charge in [0.15, 0.2) is 5.17 Å². The minimum absolute atomic E-state index is 0.318. The monoisotopic (exact) mass is 436 g/mol. The number of fused-ring (bicyclic) bond motifs is 1. The molecule has 3 aromatic rings. The smallest absolute Gasteiger partial charge is 0.338 e. The number of aromatic nitrogens is 2. The topological polar surface area (TPSA) is 82.5 Å². The van der Waals surface area contributed by atoms with E-state index < -0.39 is 0 Å². The fourth-order valence-corrected chi connectivity index (χ4v) is 4.88. The summed E-state index contributed by atoms with van der Waals surface area (Å²) in [5.74, 6) is 0.0636. The summed E-state index contributed by atoms with van der Waals surface area (Å²) >= 11 is 1.72. The number of nitrogen functional groups attached to an aromatic ring is 1. The lowest BCUT2D eigenvalue weighted by Crippen LogP contribution is -2.12. The first-order valence-corrected chi connectivity index (χ1v) is 11.7. The molecule has 2 N–H and O–H groups in total. The summed E-state index contributed by atoms with van der Waals surface area (Å²) in [6.45, 7) is 3.35. The van der Waals surface area contributed by atoms with Crippen molar-refractivity contribution in [2.75, 3.05) is 18.9 Å². The van der Waals surface area contributed by atoms with Gasteiger partial charge in [-0.2, -0.15) is 0 Å². The molecule has 0 aliphatic carbocycles. The minimum atomic E-state index is -0.318. The molecule has 1 atom stereocenters. The molecule has 0 saturated heterocycles. The van der Waals surface area contributed by atoms with Gasteiger partial charge in [0.25, 0.3) is 0 Å². The normalized spacial score (nSPS) is 15.9. The molecule has 0 spiro atoms. The summed E-state index contributed by atoms with van der Waals surface area (Å²) in [5, 5.41) is 1.23. The first-order valence-electron chi connectivity index (χ1n) is 10.9. The van der Waals surface area contributed by atoms with Crippen molar-refractivity contribution in [1.82, 2.24) is 9.55 Å². The maximum atomic E-state index is 12.4. The molecule has 6 nitrogen and oxygen atoms in total. The maximum absolute atomic E-state index is 12.4. The van der Waals surface area contributed by atoms with Crippen LogP contribution in [0, 0.1) is 0 Å². The van der Waals surface area contributed by atoms with Crippen molar-refractivity contribution in [2.24, 2.45) is 4.99 Å².